The molecule has 25 heavy (non-hydrogen) atoms. The zero-order chi connectivity index (χ0) is 17.6. The van der Waals surface area contributed by atoms with Gasteiger partial charge < -0.3 is 0 Å². The monoisotopic (exact) mass is 392 g/mol. The van der Waals surface area contributed by atoms with Crippen LogP contribution in [0.15, 0.2) is 53.0 Å². The van der Waals surface area contributed by atoms with Crippen LogP contribution in [0, 0.1) is 0 Å². The third-order valence-corrected chi connectivity index (χ3v) is 4.90. The van der Waals surface area contributed by atoms with Crippen LogP contribution in [0.5, 0.6) is 0 Å². The molecule has 0 saturated heterocycles. The molecule has 1 aromatic carbocycles. The van der Waals surface area contributed by atoms with Gasteiger partial charge in [-0.3, -0.25) is 4.98 Å². The van der Waals surface area contributed by atoms with Crippen LogP contribution in [0.4, 0.5) is 5.95 Å². The summed E-state index contributed by atoms with van der Waals surface area (Å²) in [4.78, 5) is 8.32. The van der Waals surface area contributed by atoms with Crippen LogP contribution in [0.1, 0.15) is 18.1 Å². The predicted octanol–water partition coefficient (Wildman–Crippen LogP) is 4.63. The van der Waals surface area contributed by atoms with Gasteiger partial charge in [-0.25, -0.2) is 10.5 Å². The Kier molecular flexibility index (Phi) is 5.91. The number of halogens is 2. The van der Waals surface area contributed by atoms with Crippen molar-refractivity contribution in [2.24, 2.45) is 5.10 Å². The summed E-state index contributed by atoms with van der Waals surface area (Å²) in [6, 6.07) is 9.32. The van der Waals surface area contributed by atoms with Gasteiger partial charge in [0, 0.05) is 23.7 Å². The number of aromatic nitrogens is 4. The second kappa shape index (κ2) is 8.33. The first-order valence-electron chi connectivity index (χ1n) is 7.31. The molecule has 0 aliphatic rings. The Morgan fingerprint density at radius 1 is 1.20 bits per heavy atom. The molecule has 2 aromatic heterocycles. The van der Waals surface area contributed by atoms with Crippen molar-refractivity contribution in [2.75, 3.05) is 5.43 Å². The fourth-order valence-electron chi connectivity index (χ4n) is 1.93. The lowest BCUT2D eigenvalue weighted by Crippen LogP contribution is -2.00. The smallest absolute Gasteiger partial charge is 0.240 e. The van der Waals surface area contributed by atoms with Crippen LogP contribution in [-0.4, -0.2) is 25.9 Å². The Morgan fingerprint density at radius 2 is 2.00 bits per heavy atom. The molecule has 0 aliphatic heterocycles. The average Bonchev–Trinajstić information content (AvgIpc) is 3.09. The molecule has 3 rings (SSSR count). The number of pyridine rings is 1. The van der Waals surface area contributed by atoms with E-state index in [-0.39, 0.29) is 0 Å². The maximum absolute atomic E-state index is 6.01. The SMILES string of the molecule is C/C(=N/Nc1nc(SCc2ccc(Cl)c(Cl)c2)n[nH]1)c1ccncc1. The highest BCUT2D eigenvalue weighted by Gasteiger charge is 2.06. The number of hydrogen-bond acceptors (Lipinski definition) is 6. The van der Waals surface area contributed by atoms with Gasteiger partial charge in [0.15, 0.2) is 0 Å². The molecule has 9 heteroatoms. The summed E-state index contributed by atoms with van der Waals surface area (Å²) in [5.74, 6) is 1.16. The summed E-state index contributed by atoms with van der Waals surface area (Å²) in [6.45, 7) is 1.90. The minimum absolute atomic E-state index is 0.477. The van der Waals surface area contributed by atoms with E-state index >= 15 is 0 Å². The van der Waals surface area contributed by atoms with Crippen molar-refractivity contribution in [3.8, 4) is 0 Å². The molecule has 0 spiro atoms. The topological polar surface area (TPSA) is 78.9 Å². The molecule has 6 nitrogen and oxygen atoms in total. The molecule has 0 unspecified atom stereocenters. The predicted molar refractivity (Wildman–Crippen MR) is 102 cm³/mol. The van der Waals surface area contributed by atoms with Crippen molar-refractivity contribution in [1.82, 2.24) is 20.2 Å². The number of nitrogens with one attached hydrogen (secondary N) is 2. The summed E-state index contributed by atoms with van der Waals surface area (Å²) < 4.78 is 0. The largest absolute Gasteiger partial charge is 0.265 e. The van der Waals surface area contributed by atoms with E-state index in [2.05, 4.69) is 30.7 Å². The second-order valence-electron chi connectivity index (χ2n) is 5.05. The van der Waals surface area contributed by atoms with Gasteiger partial charge in [-0.1, -0.05) is 41.0 Å². The van der Waals surface area contributed by atoms with E-state index in [4.69, 9.17) is 23.2 Å². The Labute approximate surface area is 159 Å². The molecule has 0 atom stereocenters. The summed E-state index contributed by atoms with van der Waals surface area (Å²) >= 11 is 13.4. The molecule has 2 N–H and O–H groups in total. The highest BCUT2D eigenvalue weighted by Crippen LogP contribution is 2.26. The Morgan fingerprint density at radius 3 is 2.76 bits per heavy atom. The van der Waals surface area contributed by atoms with Gasteiger partial charge in [-0.15, -0.1) is 5.10 Å². The van der Waals surface area contributed by atoms with Crippen LogP contribution in [-0.2, 0) is 5.75 Å². The molecule has 2 heterocycles. The molecular formula is C16H14Cl2N6S. The first-order chi connectivity index (χ1) is 12.1. The zero-order valence-corrected chi connectivity index (χ0v) is 15.5. The highest BCUT2D eigenvalue weighted by molar-refractivity contribution is 7.98. The maximum Gasteiger partial charge on any atom is 0.240 e. The fraction of sp³-hybridized carbons (Fsp3) is 0.125. The number of nitrogens with zero attached hydrogens (tertiary/aromatic N) is 4. The van der Waals surface area contributed by atoms with Crippen molar-refractivity contribution in [3.05, 3.63) is 63.9 Å². The van der Waals surface area contributed by atoms with Gasteiger partial charge in [-0.05, 0) is 36.8 Å². The van der Waals surface area contributed by atoms with Gasteiger partial charge in [0.05, 0.1) is 15.8 Å². The number of hydrazone groups is 1. The van der Waals surface area contributed by atoms with Gasteiger partial charge >= 0.3 is 0 Å². The third kappa shape index (κ3) is 4.94. The van der Waals surface area contributed by atoms with E-state index in [0.29, 0.717) is 26.9 Å². The number of hydrogen-bond donors (Lipinski definition) is 2. The summed E-state index contributed by atoms with van der Waals surface area (Å²) in [7, 11) is 0. The van der Waals surface area contributed by atoms with E-state index in [1.165, 1.54) is 11.8 Å². The van der Waals surface area contributed by atoms with Crippen molar-refractivity contribution >= 4 is 46.6 Å². The molecule has 0 fully saturated rings. The number of thioether (sulfide) groups is 1. The maximum atomic E-state index is 6.01. The lowest BCUT2D eigenvalue weighted by atomic mass is 10.2. The lowest BCUT2D eigenvalue weighted by Gasteiger charge is -2.01. The summed E-state index contributed by atoms with van der Waals surface area (Å²) in [5.41, 5.74) is 5.72. The van der Waals surface area contributed by atoms with Crippen molar-refractivity contribution in [1.29, 1.82) is 0 Å². The van der Waals surface area contributed by atoms with Crippen molar-refractivity contribution < 1.29 is 0 Å². The van der Waals surface area contributed by atoms with E-state index in [0.717, 1.165) is 16.8 Å². The van der Waals surface area contributed by atoms with Crippen LogP contribution in [0.3, 0.4) is 0 Å². The summed E-state index contributed by atoms with van der Waals surface area (Å²) in [6.07, 6.45) is 3.45. The van der Waals surface area contributed by atoms with Crippen LogP contribution in [0.25, 0.3) is 0 Å². The molecule has 3 aromatic rings. The molecular weight excluding hydrogens is 379 g/mol. The lowest BCUT2D eigenvalue weighted by molar-refractivity contribution is 0.972. The molecule has 0 bridgehead atoms. The van der Waals surface area contributed by atoms with E-state index in [9.17, 15) is 0 Å². The number of aromatic amines is 1. The normalized spacial score (nSPS) is 11.6. The minimum Gasteiger partial charge on any atom is -0.265 e. The number of rotatable bonds is 6. The standard InChI is InChI=1S/C16H14Cl2N6S/c1-10(12-4-6-19-7-5-12)21-22-15-20-16(24-23-15)25-9-11-2-3-13(17)14(18)8-11/h2-8H,9H2,1H3,(H2,20,22,23,24)/b21-10-. The zero-order valence-electron chi connectivity index (χ0n) is 13.2. The summed E-state index contributed by atoms with van der Waals surface area (Å²) in [5, 5.41) is 12.9. The van der Waals surface area contributed by atoms with Crippen LogP contribution in [0.2, 0.25) is 10.0 Å². The van der Waals surface area contributed by atoms with E-state index in [1.807, 2.05) is 31.2 Å². The van der Waals surface area contributed by atoms with Gasteiger partial charge in [-0.2, -0.15) is 10.1 Å². The minimum atomic E-state index is 0.477. The van der Waals surface area contributed by atoms with Crippen molar-refractivity contribution in [2.45, 2.75) is 17.8 Å². The van der Waals surface area contributed by atoms with E-state index < -0.39 is 0 Å². The Bertz CT molecular complexity index is 881. The molecule has 0 amide bonds. The molecule has 0 saturated carbocycles. The fourth-order valence-corrected chi connectivity index (χ4v) is 2.99. The molecule has 128 valence electrons. The van der Waals surface area contributed by atoms with Crippen molar-refractivity contribution in [3.63, 3.8) is 0 Å². The van der Waals surface area contributed by atoms with E-state index in [1.54, 1.807) is 18.5 Å². The quantitative estimate of drug-likeness (QED) is 0.363. The third-order valence-electron chi connectivity index (χ3n) is 3.24. The highest BCUT2D eigenvalue weighted by atomic mass is 35.5. The first-order valence-corrected chi connectivity index (χ1v) is 9.06. The van der Waals surface area contributed by atoms with Gasteiger partial charge in [0.25, 0.3) is 0 Å². The number of anilines is 1. The van der Waals surface area contributed by atoms with Gasteiger partial charge in [0.2, 0.25) is 11.1 Å². The average molecular weight is 393 g/mol. The van der Waals surface area contributed by atoms with Gasteiger partial charge in [0.1, 0.15) is 0 Å². The second-order valence-corrected chi connectivity index (χ2v) is 6.81. The van der Waals surface area contributed by atoms with Crippen LogP contribution < -0.4 is 5.43 Å². The first kappa shape index (κ1) is 17.7. The van der Waals surface area contributed by atoms with Crippen LogP contribution >= 0.6 is 35.0 Å². The Hall–Kier alpha value is -2.09. The number of benzene rings is 1. The molecule has 0 aliphatic carbocycles. The molecule has 0 radical (unpaired) electrons. The Balaban J connectivity index is 1.58. The number of H-pyrrole nitrogens is 1.